The summed E-state index contributed by atoms with van der Waals surface area (Å²) in [6.07, 6.45) is 0.113. The maximum absolute atomic E-state index is 5.68. The average molecular weight is 187 g/mol. The van der Waals surface area contributed by atoms with Crippen molar-refractivity contribution in [2.45, 2.75) is 13.0 Å². The van der Waals surface area contributed by atoms with E-state index in [1.165, 1.54) is 7.11 Å². The van der Waals surface area contributed by atoms with Crippen molar-refractivity contribution in [2.75, 3.05) is 20.3 Å². The van der Waals surface area contributed by atoms with Crippen molar-refractivity contribution in [3.8, 4) is 6.08 Å². The fraction of sp³-hybridized carbons (Fsp3) is 0.714. The SMILES string of the molecule is CCOCC(N)c1noc(OC)n1. The number of ether oxygens (including phenoxy) is 2. The van der Waals surface area contributed by atoms with Crippen molar-refractivity contribution in [3.63, 3.8) is 0 Å². The summed E-state index contributed by atoms with van der Waals surface area (Å²) in [5, 5.41) is 3.62. The maximum atomic E-state index is 5.68. The zero-order chi connectivity index (χ0) is 9.68. The van der Waals surface area contributed by atoms with Gasteiger partial charge in [-0.05, 0) is 6.92 Å². The summed E-state index contributed by atoms with van der Waals surface area (Å²) in [6, 6.07) is -0.368. The molecule has 0 aliphatic heterocycles. The Balaban J connectivity index is 2.50. The van der Waals surface area contributed by atoms with Gasteiger partial charge in [0, 0.05) is 6.61 Å². The monoisotopic (exact) mass is 187 g/mol. The smallest absolute Gasteiger partial charge is 0.417 e. The van der Waals surface area contributed by atoms with E-state index in [9.17, 15) is 0 Å². The first-order valence-electron chi connectivity index (χ1n) is 3.98. The topological polar surface area (TPSA) is 83.4 Å². The Bertz CT molecular complexity index is 251. The standard InChI is InChI=1S/C7H13N3O3/c1-3-12-4-5(8)6-9-7(11-2)13-10-6/h5H,3-4,8H2,1-2H3. The molecule has 0 aromatic carbocycles. The van der Waals surface area contributed by atoms with Gasteiger partial charge in [-0.1, -0.05) is 5.16 Å². The lowest BCUT2D eigenvalue weighted by Crippen LogP contribution is -2.18. The predicted octanol–water partition coefficient (Wildman–Crippen LogP) is 0.114. The maximum Gasteiger partial charge on any atom is 0.417 e. The number of aromatic nitrogens is 2. The Hall–Kier alpha value is -1.14. The highest BCUT2D eigenvalue weighted by Gasteiger charge is 2.14. The summed E-state index contributed by atoms with van der Waals surface area (Å²) in [5.41, 5.74) is 5.68. The largest absolute Gasteiger partial charge is 0.452 e. The van der Waals surface area contributed by atoms with Crippen molar-refractivity contribution in [2.24, 2.45) is 5.73 Å². The number of nitrogens with two attached hydrogens (primary N) is 1. The number of methoxy groups -OCH3 is 1. The van der Waals surface area contributed by atoms with Crippen LogP contribution in [-0.4, -0.2) is 30.5 Å². The Morgan fingerprint density at radius 2 is 2.38 bits per heavy atom. The fourth-order valence-corrected chi connectivity index (χ4v) is 0.773. The number of hydrogen-bond donors (Lipinski definition) is 1. The van der Waals surface area contributed by atoms with Crippen LogP contribution < -0.4 is 10.5 Å². The molecule has 0 aliphatic carbocycles. The van der Waals surface area contributed by atoms with Crippen LogP contribution in [0, 0.1) is 0 Å². The zero-order valence-corrected chi connectivity index (χ0v) is 7.69. The van der Waals surface area contributed by atoms with Gasteiger partial charge in [-0.25, -0.2) is 0 Å². The van der Waals surface area contributed by atoms with Crippen LogP contribution in [0.3, 0.4) is 0 Å². The zero-order valence-electron chi connectivity index (χ0n) is 7.69. The number of rotatable bonds is 5. The van der Waals surface area contributed by atoms with E-state index in [-0.39, 0.29) is 12.1 Å². The lowest BCUT2D eigenvalue weighted by Gasteiger charge is -2.05. The van der Waals surface area contributed by atoms with E-state index >= 15 is 0 Å². The Morgan fingerprint density at radius 3 is 2.92 bits per heavy atom. The second-order valence-electron chi connectivity index (χ2n) is 2.39. The minimum Gasteiger partial charge on any atom is -0.452 e. The molecular formula is C7H13N3O3. The molecule has 0 radical (unpaired) electrons. The van der Waals surface area contributed by atoms with E-state index in [1.807, 2.05) is 6.92 Å². The molecule has 1 aromatic heterocycles. The summed E-state index contributed by atoms with van der Waals surface area (Å²) < 4.78 is 14.5. The molecule has 74 valence electrons. The molecule has 6 heteroatoms. The van der Waals surface area contributed by atoms with Gasteiger partial charge in [-0.15, -0.1) is 0 Å². The van der Waals surface area contributed by atoms with Crippen molar-refractivity contribution in [1.29, 1.82) is 0 Å². The first-order valence-corrected chi connectivity index (χ1v) is 3.98. The Morgan fingerprint density at radius 1 is 1.62 bits per heavy atom. The van der Waals surface area contributed by atoms with E-state index in [0.717, 1.165) is 0 Å². The molecule has 6 nitrogen and oxygen atoms in total. The van der Waals surface area contributed by atoms with Gasteiger partial charge in [0.15, 0.2) is 5.82 Å². The molecule has 0 aliphatic rings. The van der Waals surface area contributed by atoms with Crippen LogP contribution in [0.1, 0.15) is 18.8 Å². The summed E-state index contributed by atoms with van der Waals surface area (Å²) >= 11 is 0. The summed E-state index contributed by atoms with van der Waals surface area (Å²) in [4.78, 5) is 3.88. The van der Waals surface area contributed by atoms with Gasteiger partial charge in [0.25, 0.3) is 0 Å². The van der Waals surface area contributed by atoms with E-state index in [4.69, 9.17) is 19.7 Å². The van der Waals surface area contributed by atoms with E-state index in [0.29, 0.717) is 19.0 Å². The molecule has 0 amide bonds. The first-order chi connectivity index (χ1) is 6.27. The minimum atomic E-state index is -0.368. The normalized spacial score (nSPS) is 12.8. The van der Waals surface area contributed by atoms with Crippen molar-refractivity contribution < 1.29 is 14.0 Å². The van der Waals surface area contributed by atoms with E-state index in [1.54, 1.807) is 0 Å². The van der Waals surface area contributed by atoms with Gasteiger partial charge in [0.1, 0.15) is 0 Å². The summed E-state index contributed by atoms with van der Waals surface area (Å²) in [5.74, 6) is 0.394. The van der Waals surface area contributed by atoms with Crippen LogP contribution in [0.4, 0.5) is 0 Å². The molecule has 0 fully saturated rings. The molecule has 0 bridgehead atoms. The fourth-order valence-electron chi connectivity index (χ4n) is 0.773. The van der Waals surface area contributed by atoms with Crippen molar-refractivity contribution in [3.05, 3.63) is 5.82 Å². The van der Waals surface area contributed by atoms with Gasteiger partial charge in [0.05, 0.1) is 19.8 Å². The van der Waals surface area contributed by atoms with Crippen LogP contribution in [0.5, 0.6) is 6.08 Å². The molecule has 1 heterocycles. The third-order valence-electron chi connectivity index (χ3n) is 1.43. The molecular weight excluding hydrogens is 174 g/mol. The van der Waals surface area contributed by atoms with E-state index < -0.39 is 0 Å². The molecule has 1 aromatic rings. The average Bonchev–Trinajstić information content (AvgIpc) is 2.62. The van der Waals surface area contributed by atoms with Crippen molar-refractivity contribution >= 4 is 0 Å². The highest BCUT2D eigenvalue weighted by Crippen LogP contribution is 2.10. The van der Waals surface area contributed by atoms with Gasteiger partial charge in [-0.2, -0.15) is 4.98 Å². The summed E-state index contributed by atoms with van der Waals surface area (Å²) in [7, 11) is 1.45. The lowest BCUT2D eigenvalue weighted by molar-refractivity contribution is 0.130. The lowest BCUT2D eigenvalue weighted by atomic mass is 10.3. The molecule has 2 N–H and O–H groups in total. The molecule has 0 saturated heterocycles. The first kappa shape index (κ1) is 9.94. The quantitative estimate of drug-likeness (QED) is 0.704. The highest BCUT2D eigenvalue weighted by atomic mass is 16.6. The van der Waals surface area contributed by atoms with Crippen LogP contribution in [0.25, 0.3) is 0 Å². The van der Waals surface area contributed by atoms with Gasteiger partial charge < -0.3 is 15.2 Å². The van der Waals surface area contributed by atoms with Crippen LogP contribution >= 0.6 is 0 Å². The molecule has 13 heavy (non-hydrogen) atoms. The molecule has 0 saturated carbocycles. The van der Waals surface area contributed by atoms with Crippen LogP contribution in [0.15, 0.2) is 4.52 Å². The van der Waals surface area contributed by atoms with Crippen LogP contribution in [0.2, 0.25) is 0 Å². The third kappa shape index (κ3) is 2.67. The Kier molecular flexibility index (Phi) is 3.66. The molecule has 1 unspecified atom stereocenters. The van der Waals surface area contributed by atoms with Gasteiger partial charge in [-0.3, -0.25) is 4.52 Å². The minimum absolute atomic E-state index is 0.113. The van der Waals surface area contributed by atoms with Gasteiger partial charge in [0.2, 0.25) is 0 Å². The molecule has 1 rings (SSSR count). The third-order valence-corrected chi connectivity index (χ3v) is 1.43. The number of nitrogens with zero attached hydrogens (tertiary/aromatic N) is 2. The molecule has 0 spiro atoms. The Labute approximate surface area is 76.0 Å². The second-order valence-corrected chi connectivity index (χ2v) is 2.39. The van der Waals surface area contributed by atoms with Gasteiger partial charge >= 0.3 is 6.08 Å². The van der Waals surface area contributed by atoms with Crippen LogP contribution in [-0.2, 0) is 4.74 Å². The molecule has 1 atom stereocenters. The highest BCUT2D eigenvalue weighted by molar-refractivity contribution is 4.95. The number of hydrogen-bond acceptors (Lipinski definition) is 6. The summed E-state index contributed by atoms with van der Waals surface area (Å²) in [6.45, 7) is 2.88. The predicted molar refractivity (Wildman–Crippen MR) is 44.3 cm³/mol. The second kappa shape index (κ2) is 4.78. The van der Waals surface area contributed by atoms with Crippen molar-refractivity contribution in [1.82, 2.24) is 10.1 Å². The van der Waals surface area contributed by atoms with E-state index in [2.05, 4.69) is 10.1 Å².